The summed E-state index contributed by atoms with van der Waals surface area (Å²) < 4.78 is 10.5. The number of amides is 1. The van der Waals surface area contributed by atoms with Crippen molar-refractivity contribution in [1.82, 2.24) is 0 Å². The molecule has 26 heavy (non-hydrogen) atoms. The van der Waals surface area contributed by atoms with Gasteiger partial charge in [-0.25, -0.2) is 9.59 Å². The first-order chi connectivity index (χ1) is 12.5. The third-order valence-corrected chi connectivity index (χ3v) is 5.80. The number of halogens is 1. The minimum atomic E-state index is -0.618. The maximum Gasteiger partial charge on any atom is 0.348 e. The van der Waals surface area contributed by atoms with Gasteiger partial charge in [0.15, 0.2) is 6.61 Å². The van der Waals surface area contributed by atoms with Gasteiger partial charge in [-0.05, 0) is 48.8 Å². The molecular weight excluding hydrogens is 398 g/mol. The standard InChI is InChI=1S/C17H16ClNO5S2/c1-2-23-17(22)14-10(9-3-4-9)8-25-15(14)19-13(20)7-24-16(21)11-5-6-12(18)26-11/h5-6,8-9H,2-4,7H2,1H3,(H,19,20). The summed E-state index contributed by atoms with van der Waals surface area (Å²) in [5.74, 6) is -1.24. The molecule has 1 amide bonds. The van der Waals surface area contributed by atoms with E-state index in [1.54, 1.807) is 13.0 Å². The molecule has 0 radical (unpaired) electrons. The van der Waals surface area contributed by atoms with Crippen molar-refractivity contribution in [2.75, 3.05) is 18.5 Å². The van der Waals surface area contributed by atoms with Gasteiger partial charge in [-0.3, -0.25) is 4.79 Å². The summed E-state index contributed by atoms with van der Waals surface area (Å²) in [7, 11) is 0. The summed E-state index contributed by atoms with van der Waals surface area (Å²) >= 11 is 8.12. The minimum Gasteiger partial charge on any atom is -0.462 e. The van der Waals surface area contributed by atoms with Crippen molar-refractivity contribution in [3.05, 3.63) is 37.9 Å². The topological polar surface area (TPSA) is 81.7 Å². The van der Waals surface area contributed by atoms with Crippen molar-refractivity contribution in [2.24, 2.45) is 0 Å². The lowest BCUT2D eigenvalue weighted by Gasteiger charge is -2.08. The van der Waals surface area contributed by atoms with Crippen LogP contribution in [0.25, 0.3) is 0 Å². The molecule has 2 aromatic rings. The van der Waals surface area contributed by atoms with E-state index in [0.29, 0.717) is 25.7 Å². The predicted octanol–water partition coefficient (Wildman–Crippen LogP) is 4.31. The number of anilines is 1. The summed E-state index contributed by atoms with van der Waals surface area (Å²) in [4.78, 5) is 36.6. The number of nitrogens with one attached hydrogen (secondary N) is 1. The van der Waals surface area contributed by atoms with Crippen molar-refractivity contribution < 1.29 is 23.9 Å². The molecule has 1 aliphatic rings. The van der Waals surface area contributed by atoms with Gasteiger partial charge < -0.3 is 14.8 Å². The van der Waals surface area contributed by atoms with Crippen molar-refractivity contribution in [3.63, 3.8) is 0 Å². The van der Waals surface area contributed by atoms with Gasteiger partial charge in [0.25, 0.3) is 5.91 Å². The van der Waals surface area contributed by atoms with Gasteiger partial charge >= 0.3 is 11.9 Å². The highest BCUT2D eigenvalue weighted by atomic mass is 35.5. The van der Waals surface area contributed by atoms with Crippen LogP contribution in [0, 0.1) is 0 Å². The first kappa shape index (κ1) is 18.9. The molecule has 3 rings (SSSR count). The number of ether oxygens (including phenoxy) is 2. The molecule has 0 unspecified atom stereocenters. The van der Waals surface area contributed by atoms with E-state index in [0.717, 1.165) is 29.7 Å². The molecule has 0 saturated heterocycles. The summed E-state index contributed by atoms with van der Waals surface area (Å²) in [6.07, 6.45) is 2.05. The molecule has 0 bridgehead atoms. The fourth-order valence-corrected chi connectivity index (χ4v) is 4.34. The van der Waals surface area contributed by atoms with Gasteiger partial charge in [-0.2, -0.15) is 0 Å². The van der Waals surface area contributed by atoms with E-state index in [1.165, 1.54) is 17.4 Å². The van der Waals surface area contributed by atoms with E-state index in [-0.39, 0.29) is 6.61 Å². The van der Waals surface area contributed by atoms with Crippen LogP contribution in [0.5, 0.6) is 0 Å². The zero-order valence-corrected chi connectivity index (χ0v) is 16.3. The first-order valence-electron chi connectivity index (χ1n) is 8.00. The van der Waals surface area contributed by atoms with Crippen molar-refractivity contribution in [2.45, 2.75) is 25.7 Å². The summed E-state index contributed by atoms with van der Waals surface area (Å²) in [6, 6.07) is 3.12. The molecule has 2 aromatic heterocycles. The van der Waals surface area contributed by atoms with E-state index >= 15 is 0 Å². The summed E-state index contributed by atoms with van der Waals surface area (Å²) in [5, 5.41) is 4.94. The van der Waals surface area contributed by atoms with Crippen LogP contribution in [0.1, 0.15) is 51.3 Å². The molecular formula is C17H16ClNO5S2. The van der Waals surface area contributed by atoms with Crippen LogP contribution < -0.4 is 5.32 Å². The second kappa shape index (κ2) is 8.20. The third-order valence-electron chi connectivity index (χ3n) is 3.68. The van der Waals surface area contributed by atoms with Crippen LogP contribution in [0.2, 0.25) is 4.34 Å². The second-order valence-electron chi connectivity index (χ2n) is 5.62. The second-order valence-corrected chi connectivity index (χ2v) is 8.21. The Balaban J connectivity index is 1.63. The van der Waals surface area contributed by atoms with E-state index in [9.17, 15) is 14.4 Å². The molecule has 2 heterocycles. The Kier molecular flexibility index (Phi) is 5.95. The monoisotopic (exact) mass is 413 g/mol. The van der Waals surface area contributed by atoms with E-state index in [4.69, 9.17) is 21.1 Å². The molecule has 1 saturated carbocycles. The molecule has 1 aliphatic carbocycles. The van der Waals surface area contributed by atoms with Gasteiger partial charge in [-0.15, -0.1) is 22.7 Å². The molecule has 0 atom stereocenters. The van der Waals surface area contributed by atoms with E-state index < -0.39 is 24.5 Å². The maximum atomic E-state index is 12.3. The quantitative estimate of drug-likeness (QED) is 0.684. The molecule has 0 spiro atoms. The van der Waals surface area contributed by atoms with Crippen molar-refractivity contribution in [3.8, 4) is 0 Å². The number of hydrogen-bond acceptors (Lipinski definition) is 7. The average Bonchev–Trinajstić information content (AvgIpc) is 3.23. The number of thiophene rings is 2. The van der Waals surface area contributed by atoms with Gasteiger partial charge in [-0.1, -0.05) is 11.6 Å². The smallest absolute Gasteiger partial charge is 0.348 e. The summed E-state index contributed by atoms with van der Waals surface area (Å²) in [5.41, 5.74) is 1.32. The number of carbonyl (C=O) groups excluding carboxylic acids is 3. The highest BCUT2D eigenvalue weighted by molar-refractivity contribution is 7.17. The van der Waals surface area contributed by atoms with Crippen LogP contribution in [0.4, 0.5) is 5.00 Å². The zero-order chi connectivity index (χ0) is 18.7. The lowest BCUT2D eigenvalue weighted by Crippen LogP contribution is -2.21. The Morgan fingerprint density at radius 3 is 2.62 bits per heavy atom. The van der Waals surface area contributed by atoms with E-state index in [2.05, 4.69) is 5.32 Å². The lowest BCUT2D eigenvalue weighted by molar-refractivity contribution is -0.119. The largest absolute Gasteiger partial charge is 0.462 e. The van der Waals surface area contributed by atoms with Gasteiger partial charge in [0.2, 0.25) is 0 Å². The van der Waals surface area contributed by atoms with Gasteiger partial charge in [0.1, 0.15) is 9.88 Å². The van der Waals surface area contributed by atoms with E-state index in [1.807, 2.05) is 5.38 Å². The van der Waals surface area contributed by atoms with Crippen LogP contribution in [-0.2, 0) is 14.3 Å². The number of hydrogen-bond donors (Lipinski definition) is 1. The normalized spacial score (nSPS) is 13.3. The van der Waals surface area contributed by atoms with Crippen LogP contribution >= 0.6 is 34.3 Å². The molecule has 0 aliphatic heterocycles. The van der Waals surface area contributed by atoms with Crippen molar-refractivity contribution in [1.29, 1.82) is 0 Å². The Morgan fingerprint density at radius 2 is 2.00 bits per heavy atom. The minimum absolute atomic E-state index is 0.257. The summed E-state index contributed by atoms with van der Waals surface area (Å²) in [6.45, 7) is 1.54. The molecule has 1 N–H and O–H groups in total. The average molecular weight is 414 g/mol. The highest BCUT2D eigenvalue weighted by Crippen LogP contribution is 2.46. The molecule has 6 nitrogen and oxygen atoms in total. The molecule has 138 valence electrons. The SMILES string of the molecule is CCOC(=O)c1c(C2CC2)csc1NC(=O)COC(=O)c1ccc(Cl)s1. The first-order valence-corrected chi connectivity index (χ1v) is 10.1. The third kappa shape index (κ3) is 4.44. The zero-order valence-electron chi connectivity index (χ0n) is 13.9. The Hall–Kier alpha value is -1.90. The van der Waals surface area contributed by atoms with Gasteiger partial charge in [0.05, 0.1) is 16.5 Å². The van der Waals surface area contributed by atoms with Crippen LogP contribution in [-0.4, -0.2) is 31.1 Å². The Labute approximate surface area is 163 Å². The Bertz CT molecular complexity index is 840. The molecule has 0 aromatic carbocycles. The number of rotatable bonds is 7. The number of carbonyl (C=O) groups is 3. The molecule has 1 fully saturated rings. The maximum absolute atomic E-state index is 12.3. The van der Waals surface area contributed by atoms with Crippen LogP contribution in [0.3, 0.4) is 0 Å². The fraction of sp³-hybridized carbons (Fsp3) is 0.353. The Morgan fingerprint density at radius 1 is 1.23 bits per heavy atom. The fourth-order valence-electron chi connectivity index (χ4n) is 2.36. The lowest BCUT2D eigenvalue weighted by atomic mass is 10.1. The van der Waals surface area contributed by atoms with Crippen LogP contribution in [0.15, 0.2) is 17.5 Å². The number of esters is 2. The predicted molar refractivity (Wildman–Crippen MR) is 100 cm³/mol. The highest BCUT2D eigenvalue weighted by Gasteiger charge is 2.32. The van der Waals surface area contributed by atoms with Gasteiger partial charge in [0, 0.05) is 0 Å². The van der Waals surface area contributed by atoms with Crippen molar-refractivity contribution >= 4 is 57.1 Å². The molecule has 9 heteroatoms.